The van der Waals surface area contributed by atoms with Gasteiger partial charge in [0, 0.05) is 0 Å². The van der Waals surface area contributed by atoms with E-state index in [9.17, 15) is 0 Å². The number of fused-ring (bicyclic) bond motifs is 1. The average molecular weight is 264 g/mol. The first kappa shape index (κ1) is 12.6. The predicted octanol–water partition coefficient (Wildman–Crippen LogP) is 3.64. The minimum absolute atomic E-state index is 0.663. The molecule has 3 aromatic rings. The first-order valence-corrected chi connectivity index (χ1v) is 6.80. The van der Waals surface area contributed by atoms with Crippen LogP contribution >= 0.6 is 0 Å². The number of benzene rings is 2. The monoisotopic (exact) mass is 264 g/mol. The Kier molecular flexibility index (Phi) is 3.88. The Bertz CT molecular complexity index is 677. The number of aromatic nitrogens is 2. The maximum Gasteiger partial charge on any atom is 0.224 e. The van der Waals surface area contributed by atoms with Crippen molar-refractivity contribution < 1.29 is 4.74 Å². The number of hydrogen-bond donors (Lipinski definition) is 0. The van der Waals surface area contributed by atoms with Crippen molar-refractivity contribution >= 4 is 10.9 Å². The Morgan fingerprint density at radius 2 is 1.65 bits per heavy atom. The van der Waals surface area contributed by atoms with Crippen molar-refractivity contribution in [1.29, 1.82) is 0 Å². The summed E-state index contributed by atoms with van der Waals surface area (Å²) in [4.78, 5) is 8.44. The van der Waals surface area contributed by atoms with Gasteiger partial charge in [0.2, 0.25) is 5.88 Å². The fourth-order valence-electron chi connectivity index (χ4n) is 2.18. The molecule has 3 heteroatoms. The molecule has 3 rings (SSSR count). The minimum atomic E-state index is 0.663. The van der Waals surface area contributed by atoms with Crippen molar-refractivity contribution in [2.75, 3.05) is 6.61 Å². The summed E-state index contributed by atoms with van der Waals surface area (Å²) < 4.78 is 5.79. The second-order valence-electron chi connectivity index (χ2n) is 4.63. The number of aryl methyl sites for hydroxylation is 1. The lowest BCUT2D eigenvalue weighted by molar-refractivity contribution is 0.303. The van der Waals surface area contributed by atoms with Crippen molar-refractivity contribution in [3.63, 3.8) is 0 Å². The minimum Gasteiger partial charge on any atom is -0.477 e. The van der Waals surface area contributed by atoms with Crippen LogP contribution in [-0.4, -0.2) is 16.6 Å². The van der Waals surface area contributed by atoms with Crippen LogP contribution < -0.4 is 4.74 Å². The molecule has 0 fully saturated rings. The Balaban J connectivity index is 1.60. The molecule has 0 amide bonds. The second kappa shape index (κ2) is 6.15. The molecule has 0 N–H and O–H groups in total. The number of ether oxygens (including phenoxy) is 1. The maximum absolute atomic E-state index is 5.79. The van der Waals surface area contributed by atoms with E-state index in [0.29, 0.717) is 12.5 Å². The quantitative estimate of drug-likeness (QED) is 0.660. The second-order valence-corrected chi connectivity index (χ2v) is 4.63. The van der Waals surface area contributed by atoms with Crippen molar-refractivity contribution in [1.82, 2.24) is 9.97 Å². The standard InChI is InChI=1S/C17H16N2O/c1-2-7-14(8-3-1)9-6-12-20-17-15-10-4-5-11-16(15)18-13-19-17/h1-5,7-8,10-11,13H,6,9,12H2. The van der Waals surface area contributed by atoms with Crippen LogP contribution in [0.2, 0.25) is 0 Å². The summed E-state index contributed by atoms with van der Waals surface area (Å²) in [6, 6.07) is 18.3. The summed E-state index contributed by atoms with van der Waals surface area (Å²) in [7, 11) is 0. The summed E-state index contributed by atoms with van der Waals surface area (Å²) in [5.74, 6) is 0.670. The molecule has 3 nitrogen and oxygen atoms in total. The average Bonchev–Trinajstić information content (AvgIpc) is 2.53. The van der Waals surface area contributed by atoms with Gasteiger partial charge in [-0.05, 0) is 30.5 Å². The SMILES string of the molecule is c1ccc(CCCOc2ncnc3ccccc23)cc1. The molecule has 0 atom stereocenters. The van der Waals surface area contributed by atoms with Gasteiger partial charge in [0.1, 0.15) is 6.33 Å². The van der Waals surface area contributed by atoms with Crippen molar-refractivity contribution in [2.24, 2.45) is 0 Å². The van der Waals surface area contributed by atoms with E-state index in [1.165, 1.54) is 5.56 Å². The molecule has 1 heterocycles. The van der Waals surface area contributed by atoms with Crippen LogP contribution in [0.25, 0.3) is 10.9 Å². The van der Waals surface area contributed by atoms with E-state index in [-0.39, 0.29) is 0 Å². The molecule has 0 bridgehead atoms. The zero-order valence-electron chi connectivity index (χ0n) is 11.2. The highest BCUT2D eigenvalue weighted by atomic mass is 16.5. The third-order valence-electron chi connectivity index (χ3n) is 3.20. The zero-order valence-corrected chi connectivity index (χ0v) is 11.2. The van der Waals surface area contributed by atoms with Gasteiger partial charge >= 0.3 is 0 Å². The topological polar surface area (TPSA) is 35.0 Å². The lowest BCUT2D eigenvalue weighted by Gasteiger charge is -2.07. The summed E-state index contributed by atoms with van der Waals surface area (Å²) in [6.45, 7) is 0.663. The first-order valence-electron chi connectivity index (χ1n) is 6.80. The highest BCUT2D eigenvalue weighted by Gasteiger charge is 2.03. The van der Waals surface area contributed by atoms with E-state index in [1.54, 1.807) is 6.33 Å². The normalized spacial score (nSPS) is 10.6. The van der Waals surface area contributed by atoms with Gasteiger partial charge in [0.05, 0.1) is 17.5 Å². The Hall–Kier alpha value is -2.42. The van der Waals surface area contributed by atoms with Crippen molar-refractivity contribution in [2.45, 2.75) is 12.8 Å². The van der Waals surface area contributed by atoms with Crippen LogP contribution in [0.3, 0.4) is 0 Å². The molecule has 0 saturated heterocycles. The molecular formula is C17H16N2O. The third-order valence-corrected chi connectivity index (χ3v) is 3.20. The van der Waals surface area contributed by atoms with E-state index >= 15 is 0 Å². The van der Waals surface area contributed by atoms with Crippen LogP contribution in [0.4, 0.5) is 0 Å². The molecule has 100 valence electrons. The van der Waals surface area contributed by atoms with Gasteiger partial charge in [-0.25, -0.2) is 9.97 Å². The summed E-state index contributed by atoms with van der Waals surface area (Å²) in [5.41, 5.74) is 2.25. The largest absolute Gasteiger partial charge is 0.477 e. The van der Waals surface area contributed by atoms with Gasteiger partial charge < -0.3 is 4.74 Å². The van der Waals surface area contributed by atoms with E-state index < -0.39 is 0 Å². The molecule has 0 aliphatic heterocycles. The maximum atomic E-state index is 5.79. The lowest BCUT2D eigenvalue weighted by Crippen LogP contribution is -2.01. The molecule has 20 heavy (non-hydrogen) atoms. The Labute approximate surface area is 118 Å². The highest BCUT2D eigenvalue weighted by Crippen LogP contribution is 2.20. The lowest BCUT2D eigenvalue weighted by atomic mass is 10.1. The molecule has 0 unspecified atom stereocenters. The Morgan fingerprint density at radius 3 is 2.55 bits per heavy atom. The molecular weight excluding hydrogens is 248 g/mol. The summed E-state index contributed by atoms with van der Waals surface area (Å²) in [5, 5.41) is 0.967. The zero-order chi connectivity index (χ0) is 13.6. The fourth-order valence-corrected chi connectivity index (χ4v) is 2.18. The van der Waals surface area contributed by atoms with E-state index in [1.807, 2.05) is 30.3 Å². The third kappa shape index (κ3) is 2.94. The molecule has 0 radical (unpaired) electrons. The van der Waals surface area contributed by atoms with Crippen LogP contribution in [0.15, 0.2) is 60.9 Å². The van der Waals surface area contributed by atoms with Gasteiger partial charge in [-0.3, -0.25) is 0 Å². The number of rotatable bonds is 5. The molecule has 0 aliphatic rings. The van der Waals surface area contributed by atoms with Gasteiger partial charge in [0.15, 0.2) is 0 Å². The number of hydrogen-bond acceptors (Lipinski definition) is 3. The van der Waals surface area contributed by atoms with Crippen LogP contribution in [0.5, 0.6) is 5.88 Å². The molecule has 0 saturated carbocycles. The van der Waals surface area contributed by atoms with Gasteiger partial charge in [-0.2, -0.15) is 0 Å². The van der Waals surface area contributed by atoms with Crippen LogP contribution in [0, 0.1) is 0 Å². The van der Waals surface area contributed by atoms with Crippen LogP contribution in [0.1, 0.15) is 12.0 Å². The van der Waals surface area contributed by atoms with Gasteiger partial charge in [-0.15, -0.1) is 0 Å². The molecule has 0 spiro atoms. The van der Waals surface area contributed by atoms with E-state index in [2.05, 4.69) is 34.2 Å². The summed E-state index contributed by atoms with van der Waals surface area (Å²) >= 11 is 0. The molecule has 0 aliphatic carbocycles. The van der Waals surface area contributed by atoms with Crippen LogP contribution in [-0.2, 0) is 6.42 Å². The highest BCUT2D eigenvalue weighted by molar-refractivity contribution is 5.82. The van der Waals surface area contributed by atoms with Gasteiger partial charge in [-0.1, -0.05) is 42.5 Å². The van der Waals surface area contributed by atoms with E-state index in [0.717, 1.165) is 23.7 Å². The fraction of sp³-hybridized carbons (Fsp3) is 0.176. The van der Waals surface area contributed by atoms with Crippen molar-refractivity contribution in [3.05, 3.63) is 66.5 Å². The summed E-state index contributed by atoms with van der Waals surface area (Å²) in [6.07, 6.45) is 3.54. The first-order chi connectivity index (χ1) is 9.93. The van der Waals surface area contributed by atoms with Crippen molar-refractivity contribution in [3.8, 4) is 5.88 Å². The molecule has 2 aromatic carbocycles. The number of nitrogens with zero attached hydrogens (tertiary/aromatic N) is 2. The predicted molar refractivity (Wildman–Crippen MR) is 79.8 cm³/mol. The van der Waals surface area contributed by atoms with E-state index in [4.69, 9.17) is 4.74 Å². The smallest absolute Gasteiger partial charge is 0.224 e. The number of para-hydroxylation sites is 1. The Morgan fingerprint density at radius 1 is 0.850 bits per heavy atom. The van der Waals surface area contributed by atoms with Gasteiger partial charge in [0.25, 0.3) is 0 Å². The molecule has 1 aromatic heterocycles.